The molecule has 0 aliphatic rings. The first kappa shape index (κ1) is 17.5. The van der Waals surface area contributed by atoms with Crippen LogP contribution in [-0.2, 0) is 16.6 Å². The summed E-state index contributed by atoms with van der Waals surface area (Å²) in [6, 6.07) is 20.9. The van der Waals surface area contributed by atoms with Gasteiger partial charge >= 0.3 is 0 Å². The fraction of sp³-hybridized carbons (Fsp3) is 0.200. The highest BCUT2D eigenvalue weighted by Crippen LogP contribution is 2.33. The minimum Gasteiger partial charge on any atom is -0.377 e. The fourth-order valence-corrected chi connectivity index (χ4v) is 4.35. The largest absolute Gasteiger partial charge is 0.377 e. The van der Waals surface area contributed by atoms with E-state index < -0.39 is 10.0 Å². The van der Waals surface area contributed by atoms with Crippen LogP contribution in [0.15, 0.2) is 71.6 Å². The molecule has 3 aromatic rings. The molecule has 0 saturated heterocycles. The highest BCUT2D eigenvalue weighted by Gasteiger charge is 2.24. The molecule has 0 atom stereocenters. The summed E-state index contributed by atoms with van der Waals surface area (Å²) in [5, 5.41) is 1.68. The molecule has 0 aliphatic heterocycles. The maximum Gasteiger partial charge on any atom is 0.243 e. The summed E-state index contributed by atoms with van der Waals surface area (Å²) in [6.07, 6.45) is 0. The summed E-state index contributed by atoms with van der Waals surface area (Å²) >= 11 is 0. The number of hydrogen-bond acceptors (Lipinski definition) is 3. The minimum atomic E-state index is -3.61. The molecule has 3 rings (SSSR count). The van der Waals surface area contributed by atoms with Gasteiger partial charge in [0.15, 0.2) is 0 Å². The van der Waals surface area contributed by atoms with Crippen molar-refractivity contribution in [2.45, 2.75) is 11.4 Å². The quantitative estimate of drug-likeness (QED) is 0.701. The van der Waals surface area contributed by atoms with Gasteiger partial charge in [-0.2, -0.15) is 4.31 Å². The van der Waals surface area contributed by atoms with Crippen molar-refractivity contribution in [2.75, 3.05) is 26.0 Å². The molecule has 0 N–H and O–H groups in total. The smallest absolute Gasteiger partial charge is 0.243 e. The molecule has 0 fully saturated rings. The zero-order chi connectivity index (χ0) is 18.0. The van der Waals surface area contributed by atoms with Crippen LogP contribution >= 0.6 is 0 Å². The molecule has 4 nitrogen and oxygen atoms in total. The lowest BCUT2D eigenvalue weighted by Gasteiger charge is -2.21. The maximum atomic E-state index is 13.2. The molecular weight excluding hydrogens is 332 g/mol. The first-order chi connectivity index (χ1) is 11.9. The van der Waals surface area contributed by atoms with E-state index in [-0.39, 0.29) is 0 Å². The van der Waals surface area contributed by atoms with Gasteiger partial charge < -0.3 is 4.90 Å². The number of hydrogen-bond donors (Lipinski definition) is 0. The molecule has 130 valence electrons. The van der Waals surface area contributed by atoms with E-state index in [0.29, 0.717) is 11.4 Å². The Labute approximate surface area is 149 Å². The van der Waals surface area contributed by atoms with E-state index in [1.165, 1.54) is 4.31 Å². The van der Waals surface area contributed by atoms with Crippen LogP contribution in [0.1, 0.15) is 5.56 Å². The third-order valence-corrected chi connectivity index (χ3v) is 6.11. The van der Waals surface area contributed by atoms with Crippen LogP contribution in [0, 0.1) is 0 Å². The summed E-state index contributed by atoms with van der Waals surface area (Å²) in [5.74, 6) is 0. The molecule has 5 heteroatoms. The molecule has 0 saturated carbocycles. The molecule has 0 aliphatic carbocycles. The SMILES string of the molecule is CN(C)c1cccc2cccc(S(=O)(=O)N(C)Cc3ccccc3)c12. The van der Waals surface area contributed by atoms with Gasteiger partial charge in [0.05, 0.1) is 4.90 Å². The second-order valence-corrected chi connectivity index (χ2v) is 8.29. The molecule has 25 heavy (non-hydrogen) atoms. The van der Waals surface area contributed by atoms with Crippen LogP contribution in [0.2, 0.25) is 0 Å². The number of benzene rings is 3. The predicted molar refractivity (Wildman–Crippen MR) is 103 cm³/mol. The summed E-state index contributed by atoms with van der Waals surface area (Å²) < 4.78 is 27.9. The van der Waals surface area contributed by atoms with Crippen LogP contribution in [0.5, 0.6) is 0 Å². The Balaban J connectivity index is 2.11. The number of anilines is 1. The second-order valence-electron chi connectivity index (χ2n) is 6.27. The predicted octanol–water partition coefficient (Wildman–Crippen LogP) is 3.73. The lowest BCUT2D eigenvalue weighted by Crippen LogP contribution is -2.27. The topological polar surface area (TPSA) is 40.6 Å². The Morgan fingerprint density at radius 3 is 2.08 bits per heavy atom. The minimum absolute atomic E-state index is 0.337. The zero-order valence-electron chi connectivity index (χ0n) is 14.7. The fourth-order valence-electron chi connectivity index (χ4n) is 2.97. The summed E-state index contributed by atoms with van der Waals surface area (Å²) in [5.41, 5.74) is 1.85. The van der Waals surface area contributed by atoms with Crippen molar-refractivity contribution < 1.29 is 8.42 Å². The van der Waals surface area contributed by atoms with Gasteiger partial charge in [0, 0.05) is 38.8 Å². The van der Waals surface area contributed by atoms with E-state index in [0.717, 1.165) is 22.0 Å². The van der Waals surface area contributed by atoms with Gasteiger partial charge in [0.1, 0.15) is 0 Å². The highest BCUT2D eigenvalue weighted by molar-refractivity contribution is 7.89. The van der Waals surface area contributed by atoms with Crippen molar-refractivity contribution in [3.8, 4) is 0 Å². The second kappa shape index (κ2) is 6.86. The van der Waals surface area contributed by atoms with Gasteiger partial charge in [-0.1, -0.05) is 54.6 Å². The molecule has 0 heterocycles. The first-order valence-electron chi connectivity index (χ1n) is 8.10. The number of sulfonamides is 1. The Morgan fingerprint density at radius 1 is 0.800 bits per heavy atom. The molecule has 0 aromatic heterocycles. The van der Waals surface area contributed by atoms with Crippen LogP contribution < -0.4 is 4.90 Å². The van der Waals surface area contributed by atoms with E-state index in [1.54, 1.807) is 19.2 Å². The Hall–Kier alpha value is -2.37. The van der Waals surface area contributed by atoms with Crippen molar-refractivity contribution in [2.24, 2.45) is 0 Å². The third kappa shape index (κ3) is 3.38. The van der Waals surface area contributed by atoms with Crippen molar-refractivity contribution in [1.82, 2.24) is 4.31 Å². The lowest BCUT2D eigenvalue weighted by atomic mass is 10.1. The Bertz CT molecular complexity index is 978. The monoisotopic (exact) mass is 354 g/mol. The van der Waals surface area contributed by atoms with Crippen LogP contribution in [0.25, 0.3) is 10.8 Å². The van der Waals surface area contributed by atoms with Gasteiger partial charge in [-0.25, -0.2) is 8.42 Å². The average Bonchev–Trinajstić information content (AvgIpc) is 2.61. The van der Waals surface area contributed by atoms with E-state index in [2.05, 4.69) is 0 Å². The van der Waals surface area contributed by atoms with Crippen molar-refractivity contribution in [3.63, 3.8) is 0 Å². The molecule has 0 unspecified atom stereocenters. The van der Waals surface area contributed by atoms with Gasteiger partial charge in [-0.05, 0) is 23.1 Å². The van der Waals surface area contributed by atoms with Crippen LogP contribution in [0.4, 0.5) is 5.69 Å². The molecule has 3 aromatic carbocycles. The van der Waals surface area contributed by atoms with Gasteiger partial charge in [-0.3, -0.25) is 0 Å². The summed E-state index contributed by atoms with van der Waals surface area (Å²) in [4.78, 5) is 2.28. The standard InChI is InChI=1S/C20H22N2O2S/c1-21(2)18-13-7-11-17-12-8-14-19(20(17)18)25(23,24)22(3)15-16-9-5-4-6-10-16/h4-14H,15H2,1-3H3. The van der Waals surface area contributed by atoms with E-state index in [9.17, 15) is 8.42 Å². The molecular formula is C20H22N2O2S. The number of rotatable bonds is 5. The zero-order valence-corrected chi connectivity index (χ0v) is 15.5. The average molecular weight is 354 g/mol. The molecule has 0 amide bonds. The lowest BCUT2D eigenvalue weighted by molar-refractivity contribution is 0.467. The summed E-state index contributed by atoms with van der Waals surface area (Å²) in [7, 11) is 1.86. The molecule has 0 spiro atoms. The molecule has 0 radical (unpaired) electrons. The van der Waals surface area contributed by atoms with E-state index >= 15 is 0 Å². The first-order valence-corrected chi connectivity index (χ1v) is 9.54. The van der Waals surface area contributed by atoms with Crippen LogP contribution in [0.3, 0.4) is 0 Å². The highest BCUT2D eigenvalue weighted by atomic mass is 32.2. The number of fused-ring (bicyclic) bond motifs is 1. The van der Waals surface area contributed by atoms with Crippen LogP contribution in [-0.4, -0.2) is 33.9 Å². The van der Waals surface area contributed by atoms with Gasteiger partial charge in [-0.15, -0.1) is 0 Å². The van der Waals surface area contributed by atoms with E-state index in [1.807, 2.05) is 73.6 Å². The van der Waals surface area contributed by atoms with Gasteiger partial charge in [0.25, 0.3) is 0 Å². The molecule has 0 bridgehead atoms. The normalized spacial score (nSPS) is 11.8. The van der Waals surface area contributed by atoms with Crippen molar-refractivity contribution >= 4 is 26.5 Å². The van der Waals surface area contributed by atoms with Crippen molar-refractivity contribution in [1.29, 1.82) is 0 Å². The summed E-state index contributed by atoms with van der Waals surface area (Å²) in [6.45, 7) is 0.337. The maximum absolute atomic E-state index is 13.2. The third-order valence-electron chi connectivity index (χ3n) is 4.26. The van der Waals surface area contributed by atoms with Gasteiger partial charge in [0.2, 0.25) is 10.0 Å². The van der Waals surface area contributed by atoms with E-state index in [4.69, 9.17) is 0 Å². The number of nitrogens with zero attached hydrogens (tertiary/aromatic N) is 2. The Kier molecular flexibility index (Phi) is 4.79. The Morgan fingerprint density at radius 2 is 1.44 bits per heavy atom. The van der Waals surface area contributed by atoms with Crippen molar-refractivity contribution in [3.05, 3.63) is 72.3 Å².